The summed E-state index contributed by atoms with van der Waals surface area (Å²) >= 11 is 0. The molecule has 1 aliphatic heterocycles. The number of hydrogen-bond acceptors (Lipinski definition) is 2. The lowest BCUT2D eigenvalue weighted by molar-refractivity contribution is -0.121. The van der Waals surface area contributed by atoms with Gasteiger partial charge in [-0.1, -0.05) is 26.0 Å². The van der Waals surface area contributed by atoms with Gasteiger partial charge in [0.1, 0.15) is 0 Å². The van der Waals surface area contributed by atoms with Crippen LogP contribution in [0.4, 0.5) is 5.69 Å². The second-order valence-electron chi connectivity index (χ2n) is 5.55. The van der Waals surface area contributed by atoms with Crippen molar-refractivity contribution in [2.75, 3.05) is 18.5 Å². The van der Waals surface area contributed by atoms with Gasteiger partial charge in [-0.2, -0.15) is 0 Å². The van der Waals surface area contributed by atoms with Crippen LogP contribution < -0.4 is 10.2 Å². The number of nitrogens with zero attached hydrogens (tertiary/aromatic N) is 1. The lowest BCUT2D eigenvalue weighted by Crippen LogP contribution is -2.49. The summed E-state index contributed by atoms with van der Waals surface area (Å²) < 4.78 is 0. The van der Waals surface area contributed by atoms with Gasteiger partial charge in [0.15, 0.2) is 0 Å². The van der Waals surface area contributed by atoms with Crippen LogP contribution >= 0.6 is 0 Å². The smallest absolute Gasteiger partial charge is 0.243 e. The molecule has 0 aromatic heterocycles. The van der Waals surface area contributed by atoms with Crippen molar-refractivity contribution in [2.24, 2.45) is 5.92 Å². The van der Waals surface area contributed by atoms with E-state index in [9.17, 15) is 4.79 Å². The van der Waals surface area contributed by atoms with Gasteiger partial charge >= 0.3 is 0 Å². The molecule has 0 aliphatic carbocycles. The third kappa shape index (κ3) is 3.35. The van der Waals surface area contributed by atoms with Crippen LogP contribution in [0.1, 0.15) is 32.3 Å². The fraction of sp³-hybridized carbons (Fsp3) is 0.562. The first-order valence-electron chi connectivity index (χ1n) is 7.21. The van der Waals surface area contributed by atoms with E-state index < -0.39 is 0 Å². The highest BCUT2D eigenvalue weighted by Crippen LogP contribution is 2.20. The van der Waals surface area contributed by atoms with Crippen molar-refractivity contribution >= 4 is 11.6 Å². The molecule has 1 aromatic rings. The fourth-order valence-corrected chi connectivity index (χ4v) is 2.61. The van der Waals surface area contributed by atoms with Crippen molar-refractivity contribution in [2.45, 2.75) is 39.2 Å². The van der Waals surface area contributed by atoms with Crippen molar-refractivity contribution in [3.05, 3.63) is 29.8 Å². The number of amides is 1. The minimum Gasteiger partial charge on any atom is -0.314 e. The molecule has 1 heterocycles. The van der Waals surface area contributed by atoms with Crippen molar-refractivity contribution in [3.63, 3.8) is 0 Å². The predicted octanol–water partition coefficient (Wildman–Crippen LogP) is 2.60. The number of nitrogens with one attached hydrogen (secondary N) is 1. The molecule has 2 rings (SSSR count). The number of likely N-dealkylation sites (N-methyl/N-ethyl adjacent to an activating group) is 1. The highest BCUT2D eigenvalue weighted by molar-refractivity contribution is 5.96. The quantitative estimate of drug-likeness (QED) is 0.906. The molecule has 3 nitrogen and oxygen atoms in total. The first-order valence-corrected chi connectivity index (χ1v) is 7.21. The highest BCUT2D eigenvalue weighted by atomic mass is 16.2. The normalized spacial score (nSPS) is 23.1. The summed E-state index contributed by atoms with van der Waals surface area (Å²) in [5.74, 6) is 0.807. The van der Waals surface area contributed by atoms with E-state index in [2.05, 4.69) is 31.3 Å². The zero-order valence-corrected chi connectivity index (χ0v) is 12.1. The summed E-state index contributed by atoms with van der Waals surface area (Å²) in [6, 6.07) is 8.22. The molecule has 1 aromatic carbocycles. The molecule has 0 saturated carbocycles. The number of hydrogen-bond donors (Lipinski definition) is 1. The molecule has 2 atom stereocenters. The van der Waals surface area contributed by atoms with E-state index in [-0.39, 0.29) is 11.9 Å². The molecule has 0 spiro atoms. The third-order valence-corrected chi connectivity index (χ3v) is 4.03. The zero-order valence-electron chi connectivity index (χ0n) is 12.1. The SMILES string of the molecule is CCc1ccc(N(C)C(=O)C2CC(C)CCN2)cc1. The van der Waals surface area contributed by atoms with E-state index in [0.29, 0.717) is 5.92 Å². The maximum absolute atomic E-state index is 12.5. The number of anilines is 1. The van der Waals surface area contributed by atoms with Crippen LogP contribution in [-0.4, -0.2) is 25.5 Å². The molecular weight excluding hydrogens is 236 g/mol. The summed E-state index contributed by atoms with van der Waals surface area (Å²) in [4.78, 5) is 14.2. The van der Waals surface area contributed by atoms with Gasteiger partial charge in [-0.05, 0) is 49.4 Å². The minimum absolute atomic E-state index is 0.0281. The van der Waals surface area contributed by atoms with E-state index in [0.717, 1.165) is 25.1 Å². The van der Waals surface area contributed by atoms with Crippen LogP contribution in [0.2, 0.25) is 0 Å². The molecule has 1 amide bonds. The first kappa shape index (κ1) is 14.1. The number of carbonyl (C=O) groups is 1. The molecule has 1 saturated heterocycles. The number of benzene rings is 1. The van der Waals surface area contributed by atoms with Crippen LogP contribution in [0, 0.1) is 5.92 Å². The van der Waals surface area contributed by atoms with Crippen molar-refractivity contribution in [3.8, 4) is 0 Å². The Hall–Kier alpha value is -1.35. The Morgan fingerprint density at radius 3 is 2.63 bits per heavy atom. The minimum atomic E-state index is -0.0281. The molecule has 1 N–H and O–H groups in total. The number of piperidine rings is 1. The Morgan fingerprint density at radius 1 is 1.37 bits per heavy atom. The van der Waals surface area contributed by atoms with Gasteiger partial charge in [0, 0.05) is 12.7 Å². The standard InChI is InChI=1S/C16H24N2O/c1-4-13-5-7-14(8-6-13)18(3)16(19)15-11-12(2)9-10-17-15/h5-8,12,15,17H,4,9-11H2,1-3H3. The molecule has 0 bridgehead atoms. The number of carbonyl (C=O) groups excluding carboxylic acids is 1. The predicted molar refractivity (Wildman–Crippen MR) is 79.4 cm³/mol. The van der Waals surface area contributed by atoms with Crippen LogP contribution in [0.3, 0.4) is 0 Å². The molecule has 1 fully saturated rings. The summed E-state index contributed by atoms with van der Waals surface area (Å²) in [6.45, 7) is 5.30. The topological polar surface area (TPSA) is 32.3 Å². The van der Waals surface area contributed by atoms with Gasteiger partial charge in [-0.25, -0.2) is 0 Å². The summed E-state index contributed by atoms with van der Waals surface area (Å²) in [6.07, 6.45) is 3.13. The molecular formula is C16H24N2O. The lowest BCUT2D eigenvalue weighted by Gasteiger charge is -2.30. The monoisotopic (exact) mass is 260 g/mol. The first-order chi connectivity index (χ1) is 9.11. The second-order valence-corrected chi connectivity index (χ2v) is 5.55. The average Bonchev–Trinajstić information content (AvgIpc) is 2.46. The van der Waals surface area contributed by atoms with E-state index in [1.165, 1.54) is 12.0 Å². The van der Waals surface area contributed by atoms with Crippen LogP contribution in [-0.2, 0) is 11.2 Å². The lowest BCUT2D eigenvalue weighted by atomic mass is 9.93. The Bertz CT molecular complexity index is 427. The summed E-state index contributed by atoms with van der Waals surface area (Å²) in [5.41, 5.74) is 2.27. The number of aryl methyl sites for hydroxylation is 1. The maximum Gasteiger partial charge on any atom is 0.243 e. The van der Waals surface area contributed by atoms with Crippen molar-refractivity contribution in [1.29, 1.82) is 0 Å². The fourth-order valence-electron chi connectivity index (χ4n) is 2.61. The Morgan fingerprint density at radius 2 is 2.05 bits per heavy atom. The van der Waals surface area contributed by atoms with Crippen LogP contribution in [0.15, 0.2) is 24.3 Å². The maximum atomic E-state index is 12.5. The molecule has 104 valence electrons. The highest BCUT2D eigenvalue weighted by Gasteiger charge is 2.27. The van der Waals surface area contributed by atoms with E-state index >= 15 is 0 Å². The number of rotatable bonds is 3. The Kier molecular flexibility index (Phi) is 4.59. The van der Waals surface area contributed by atoms with Crippen LogP contribution in [0.25, 0.3) is 0 Å². The largest absolute Gasteiger partial charge is 0.314 e. The van der Waals surface area contributed by atoms with Crippen LogP contribution in [0.5, 0.6) is 0 Å². The molecule has 3 heteroatoms. The Labute approximate surface area is 116 Å². The van der Waals surface area contributed by atoms with Gasteiger partial charge < -0.3 is 10.2 Å². The van der Waals surface area contributed by atoms with Gasteiger partial charge in [0.2, 0.25) is 5.91 Å². The van der Waals surface area contributed by atoms with E-state index in [1.807, 2.05) is 19.2 Å². The summed E-state index contributed by atoms with van der Waals surface area (Å²) in [5, 5.41) is 3.33. The van der Waals surface area contributed by atoms with Gasteiger partial charge in [-0.3, -0.25) is 4.79 Å². The second kappa shape index (κ2) is 6.20. The van der Waals surface area contributed by atoms with Gasteiger partial charge in [-0.15, -0.1) is 0 Å². The third-order valence-electron chi connectivity index (χ3n) is 4.03. The zero-order chi connectivity index (χ0) is 13.8. The summed E-state index contributed by atoms with van der Waals surface area (Å²) in [7, 11) is 1.87. The van der Waals surface area contributed by atoms with E-state index in [4.69, 9.17) is 0 Å². The van der Waals surface area contributed by atoms with Crippen molar-refractivity contribution < 1.29 is 4.79 Å². The Balaban J connectivity index is 2.05. The van der Waals surface area contributed by atoms with Gasteiger partial charge in [0.25, 0.3) is 0 Å². The molecule has 2 unspecified atom stereocenters. The molecule has 19 heavy (non-hydrogen) atoms. The molecule has 1 aliphatic rings. The van der Waals surface area contributed by atoms with Gasteiger partial charge in [0.05, 0.1) is 6.04 Å². The molecule has 0 radical (unpaired) electrons. The van der Waals surface area contributed by atoms with E-state index in [1.54, 1.807) is 4.90 Å². The average molecular weight is 260 g/mol. The van der Waals surface area contributed by atoms with Crippen molar-refractivity contribution in [1.82, 2.24) is 5.32 Å².